The van der Waals surface area contributed by atoms with Gasteiger partial charge in [-0.2, -0.15) is 5.10 Å². The summed E-state index contributed by atoms with van der Waals surface area (Å²) < 4.78 is 0. The monoisotopic (exact) mass is 368 g/mol. The van der Waals surface area contributed by atoms with E-state index in [0.717, 1.165) is 26.9 Å². The molecule has 2 N–H and O–H groups in total. The number of nitro benzene ring substituents is 1. The fraction of sp³-hybridized carbons (Fsp3) is 0.111. The number of nitro groups is 1. The number of nitrogens with one attached hydrogen (secondary N) is 1. The minimum atomic E-state index is -0.445. The van der Waals surface area contributed by atoms with Crippen LogP contribution < -0.4 is 5.43 Å². The lowest BCUT2D eigenvalue weighted by Gasteiger charge is -2.02. The average molecular weight is 368 g/mol. The molecule has 132 valence electrons. The van der Waals surface area contributed by atoms with Gasteiger partial charge in [0.2, 0.25) is 0 Å². The van der Waals surface area contributed by atoms with E-state index in [0.29, 0.717) is 5.69 Å². The molecule has 7 nitrogen and oxygen atoms in total. The first-order valence-electron chi connectivity index (χ1n) is 7.76. The van der Waals surface area contributed by atoms with Crippen LogP contribution in [0.25, 0.3) is 10.6 Å². The van der Waals surface area contributed by atoms with Crippen LogP contribution in [-0.2, 0) is 0 Å². The van der Waals surface area contributed by atoms with E-state index in [4.69, 9.17) is 0 Å². The van der Waals surface area contributed by atoms with Gasteiger partial charge in [-0.15, -0.1) is 11.3 Å². The van der Waals surface area contributed by atoms with Crippen molar-refractivity contribution in [3.8, 4) is 16.3 Å². The number of non-ortho nitro benzene ring substituents is 1. The van der Waals surface area contributed by atoms with Crippen molar-refractivity contribution in [3.63, 3.8) is 0 Å². The van der Waals surface area contributed by atoms with Gasteiger partial charge in [0.15, 0.2) is 0 Å². The van der Waals surface area contributed by atoms with E-state index in [-0.39, 0.29) is 11.4 Å². The molecule has 2 aromatic carbocycles. The third-order valence-corrected chi connectivity index (χ3v) is 4.96. The minimum Gasteiger partial charge on any atom is -0.508 e. The maximum atomic E-state index is 10.8. The Morgan fingerprint density at radius 3 is 2.69 bits per heavy atom. The zero-order valence-corrected chi connectivity index (χ0v) is 14.9. The van der Waals surface area contributed by atoms with Crippen molar-refractivity contribution >= 4 is 28.4 Å². The van der Waals surface area contributed by atoms with Crippen LogP contribution in [0, 0.1) is 17.0 Å². The molecule has 1 aromatic heterocycles. The molecule has 0 spiro atoms. The van der Waals surface area contributed by atoms with Crippen molar-refractivity contribution in [2.24, 2.45) is 5.10 Å². The quantitative estimate of drug-likeness (QED) is 0.390. The van der Waals surface area contributed by atoms with Crippen molar-refractivity contribution in [2.75, 3.05) is 5.43 Å². The summed E-state index contributed by atoms with van der Waals surface area (Å²) in [5.74, 6) is 0.209. The normalized spacial score (nSPS) is 11.4. The zero-order chi connectivity index (χ0) is 18.7. The smallest absolute Gasteiger partial charge is 0.271 e. The van der Waals surface area contributed by atoms with E-state index in [2.05, 4.69) is 15.5 Å². The maximum absolute atomic E-state index is 10.8. The summed E-state index contributed by atoms with van der Waals surface area (Å²) in [4.78, 5) is 15.9. The molecule has 8 heteroatoms. The number of hydrogen-bond donors (Lipinski definition) is 2. The zero-order valence-electron chi connectivity index (χ0n) is 14.1. The molecule has 3 rings (SSSR count). The number of rotatable bonds is 5. The molecule has 0 radical (unpaired) electrons. The summed E-state index contributed by atoms with van der Waals surface area (Å²) in [7, 11) is 0. The fourth-order valence-electron chi connectivity index (χ4n) is 2.35. The molecule has 3 aromatic rings. The first-order chi connectivity index (χ1) is 12.4. The number of aromatic nitrogens is 1. The number of thiazole rings is 1. The van der Waals surface area contributed by atoms with Crippen molar-refractivity contribution in [1.82, 2.24) is 4.98 Å². The molecule has 0 fully saturated rings. The van der Waals surface area contributed by atoms with E-state index in [1.807, 2.05) is 26.0 Å². The van der Waals surface area contributed by atoms with Crippen molar-refractivity contribution in [3.05, 3.63) is 69.2 Å². The molecular formula is C18H16N4O3S. The van der Waals surface area contributed by atoms with Crippen LogP contribution in [0.4, 0.5) is 11.4 Å². The molecule has 0 saturated carbocycles. The summed E-state index contributed by atoms with van der Waals surface area (Å²) in [6.45, 7) is 3.76. The first-order valence-corrected chi connectivity index (χ1v) is 8.57. The average Bonchev–Trinajstić information content (AvgIpc) is 3.02. The van der Waals surface area contributed by atoms with Gasteiger partial charge in [0.1, 0.15) is 10.8 Å². The highest BCUT2D eigenvalue weighted by Crippen LogP contribution is 2.29. The van der Waals surface area contributed by atoms with Gasteiger partial charge in [0.25, 0.3) is 5.69 Å². The van der Waals surface area contributed by atoms with E-state index in [9.17, 15) is 15.2 Å². The Morgan fingerprint density at radius 2 is 2.00 bits per heavy atom. The number of hydrogen-bond acceptors (Lipinski definition) is 7. The van der Waals surface area contributed by atoms with Crippen LogP contribution in [0.3, 0.4) is 0 Å². The standard InChI is InChI=1S/C18H16N4O3S/c1-11-17(26-18(19-11)13-6-8-16(23)9-7-13)12(2)20-21-14-4-3-5-15(10-14)22(24)25/h3-10,21,23H,1-2H3/b20-12+. The topological polar surface area (TPSA) is 101 Å². The van der Waals surface area contributed by atoms with Gasteiger partial charge < -0.3 is 5.11 Å². The molecule has 0 aliphatic rings. The lowest BCUT2D eigenvalue weighted by Crippen LogP contribution is -1.99. The fourth-order valence-corrected chi connectivity index (χ4v) is 3.36. The Kier molecular flexibility index (Phi) is 4.94. The molecule has 0 bridgehead atoms. The van der Waals surface area contributed by atoms with Crippen LogP contribution in [0.5, 0.6) is 5.75 Å². The van der Waals surface area contributed by atoms with E-state index in [1.165, 1.54) is 23.5 Å². The molecule has 0 saturated heterocycles. The number of anilines is 1. The summed E-state index contributed by atoms with van der Waals surface area (Å²) >= 11 is 1.50. The van der Waals surface area contributed by atoms with E-state index in [1.54, 1.807) is 24.3 Å². The lowest BCUT2D eigenvalue weighted by molar-refractivity contribution is -0.384. The second-order valence-electron chi connectivity index (χ2n) is 5.60. The second-order valence-corrected chi connectivity index (χ2v) is 6.60. The summed E-state index contributed by atoms with van der Waals surface area (Å²) in [6, 6.07) is 13.0. The van der Waals surface area contributed by atoms with Gasteiger partial charge in [0.05, 0.1) is 26.9 Å². The molecule has 0 unspecified atom stereocenters. The number of phenolic OH excluding ortho intramolecular Hbond substituents is 1. The van der Waals surface area contributed by atoms with Crippen molar-refractivity contribution in [2.45, 2.75) is 13.8 Å². The third kappa shape index (κ3) is 3.86. The predicted octanol–water partition coefficient (Wildman–Crippen LogP) is 4.57. The second kappa shape index (κ2) is 7.32. The summed E-state index contributed by atoms with van der Waals surface area (Å²) in [5, 5.41) is 25.4. The number of aryl methyl sites for hydroxylation is 1. The summed E-state index contributed by atoms with van der Waals surface area (Å²) in [5.41, 5.74) is 5.90. The van der Waals surface area contributed by atoms with Gasteiger partial charge in [-0.05, 0) is 44.2 Å². The number of benzene rings is 2. The molecule has 0 amide bonds. The van der Waals surface area contributed by atoms with Crippen LogP contribution in [0.2, 0.25) is 0 Å². The predicted molar refractivity (Wildman–Crippen MR) is 103 cm³/mol. The molecule has 1 heterocycles. The molecule has 0 aliphatic heterocycles. The van der Waals surface area contributed by atoms with Crippen LogP contribution in [0.15, 0.2) is 53.6 Å². The number of hydrazone groups is 1. The van der Waals surface area contributed by atoms with Gasteiger partial charge >= 0.3 is 0 Å². The largest absolute Gasteiger partial charge is 0.508 e. The van der Waals surface area contributed by atoms with Crippen molar-refractivity contribution < 1.29 is 10.0 Å². The summed E-state index contributed by atoms with van der Waals surface area (Å²) in [6.07, 6.45) is 0. The Morgan fingerprint density at radius 1 is 1.27 bits per heavy atom. The van der Waals surface area contributed by atoms with E-state index < -0.39 is 4.92 Å². The highest BCUT2D eigenvalue weighted by atomic mass is 32.1. The lowest BCUT2D eigenvalue weighted by atomic mass is 10.2. The van der Waals surface area contributed by atoms with Gasteiger partial charge in [-0.1, -0.05) is 6.07 Å². The highest BCUT2D eigenvalue weighted by Gasteiger charge is 2.12. The molecular weight excluding hydrogens is 352 g/mol. The number of phenols is 1. The van der Waals surface area contributed by atoms with Crippen LogP contribution in [0.1, 0.15) is 17.5 Å². The highest BCUT2D eigenvalue weighted by molar-refractivity contribution is 7.17. The molecule has 0 aliphatic carbocycles. The van der Waals surface area contributed by atoms with Crippen LogP contribution in [-0.4, -0.2) is 20.7 Å². The van der Waals surface area contributed by atoms with Crippen molar-refractivity contribution in [1.29, 1.82) is 0 Å². The van der Waals surface area contributed by atoms with Gasteiger partial charge in [-0.25, -0.2) is 4.98 Å². The maximum Gasteiger partial charge on any atom is 0.271 e. The SMILES string of the molecule is C/C(=N\Nc1cccc([N+](=O)[O-])c1)c1sc(-c2ccc(O)cc2)nc1C. The number of nitrogens with zero attached hydrogens (tertiary/aromatic N) is 3. The Balaban J connectivity index is 1.82. The number of aromatic hydroxyl groups is 1. The van der Waals surface area contributed by atoms with Crippen LogP contribution >= 0.6 is 11.3 Å². The van der Waals surface area contributed by atoms with Gasteiger partial charge in [0, 0.05) is 17.7 Å². The third-order valence-electron chi connectivity index (χ3n) is 3.65. The molecule has 0 atom stereocenters. The Labute approximate surface area is 153 Å². The minimum absolute atomic E-state index is 0.00596. The first kappa shape index (κ1) is 17.6. The van der Waals surface area contributed by atoms with E-state index >= 15 is 0 Å². The molecule has 26 heavy (non-hydrogen) atoms. The Bertz CT molecular complexity index is 980. The Hall–Kier alpha value is -3.26. The van der Waals surface area contributed by atoms with Gasteiger partial charge in [-0.3, -0.25) is 15.5 Å².